The molecule has 1 aromatic carbocycles. The molecule has 0 bridgehead atoms. The molecule has 0 aliphatic carbocycles. The molecule has 4 nitrogen and oxygen atoms in total. The number of rotatable bonds is 8. The molecule has 1 atom stereocenters. The third-order valence-corrected chi connectivity index (χ3v) is 3.95. The summed E-state index contributed by atoms with van der Waals surface area (Å²) >= 11 is 0. The van der Waals surface area contributed by atoms with Crippen LogP contribution in [0.25, 0.3) is 11.0 Å². The molecule has 0 radical (unpaired) electrons. The standard InChI is InChI=1S/C17H26N2O2/c1-5-19(6-2)11-10-18-13(3)16-12-14-8-7-9-15(20-4)17(14)21-16/h7-9,12-13,18H,5-6,10-11H2,1-4H3. The quantitative estimate of drug-likeness (QED) is 0.808. The number of methoxy groups -OCH3 is 1. The van der Waals surface area contributed by atoms with Gasteiger partial charge in [-0.05, 0) is 32.1 Å². The lowest BCUT2D eigenvalue weighted by Crippen LogP contribution is -2.32. The minimum Gasteiger partial charge on any atom is -0.493 e. The predicted molar refractivity (Wildman–Crippen MR) is 87.0 cm³/mol. The Morgan fingerprint density at radius 3 is 2.71 bits per heavy atom. The first kappa shape index (κ1) is 15.9. The molecule has 1 unspecified atom stereocenters. The van der Waals surface area contributed by atoms with E-state index in [-0.39, 0.29) is 6.04 Å². The van der Waals surface area contributed by atoms with Crippen molar-refractivity contribution in [2.45, 2.75) is 26.8 Å². The van der Waals surface area contributed by atoms with E-state index in [4.69, 9.17) is 9.15 Å². The normalized spacial score (nSPS) is 13.0. The van der Waals surface area contributed by atoms with Crippen molar-refractivity contribution in [2.24, 2.45) is 0 Å². The number of para-hydroxylation sites is 1. The molecule has 2 rings (SSSR count). The van der Waals surface area contributed by atoms with Gasteiger partial charge in [0.25, 0.3) is 0 Å². The van der Waals surface area contributed by atoms with Gasteiger partial charge in [-0.15, -0.1) is 0 Å². The molecule has 0 spiro atoms. The molecule has 1 N–H and O–H groups in total. The van der Waals surface area contributed by atoms with Crippen molar-refractivity contribution in [3.8, 4) is 5.75 Å². The van der Waals surface area contributed by atoms with Crippen LogP contribution in [0.1, 0.15) is 32.6 Å². The first-order valence-corrected chi connectivity index (χ1v) is 7.71. The van der Waals surface area contributed by atoms with E-state index in [1.165, 1.54) is 0 Å². The summed E-state index contributed by atoms with van der Waals surface area (Å²) in [7, 11) is 1.67. The monoisotopic (exact) mass is 290 g/mol. The molecule has 0 saturated carbocycles. The summed E-state index contributed by atoms with van der Waals surface area (Å²) in [6.07, 6.45) is 0. The van der Waals surface area contributed by atoms with E-state index in [2.05, 4.69) is 37.1 Å². The Balaban J connectivity index is 2.01. The Morgan fingerprint density at radius 2 is 2.05 bits per heavy atom. The third kappa shape index (κ3) is 3.77. The summed E-state index contributed by atoms with van der Waals surface area (Å²) in [6, 6.07) is 8.24. The zero-order chi connectivity index (χ0) is 15.2. The van der Waals surface area contributed by atoms with Gasteiger partial charge in [0.2, 0.25) is 0 Å². The maximum absolute atomic E-state index is 5.96. The van der Waals surface area contributed by atoms with Gasteiger partial charge in [0, 0.05) is 18.5 Å². The topological polar surface area (TPSA) is 37.6 Å². The molecule has 0 amide bonds. The number of furan rings is 1. The van der Waals surface area contributed by atoms with E-state index in [0.717, 1.165) is 48.7 Å². The van der Waals surface area contributed by atoms with Crippen LogP contribution >= 0.6 is 0 Å². The van der Waals surface area contributed by atoms with Crippen molar-refractivity contribution in [2.75, 3.05) is 33.3 Å². The number of hydrogen-bond acceptors (Lipinski definition) is 4. The molecule has 0 fully saturated rings. The lowest BCUT2D eigenvalue weighted by molar-refractivity contribution is 0.294. The second kappa shape index (κ2) is 7.48. The second-order valence-corrected chi connectivity index (χ2v) is 5.23. The molecule has 0 aliphatic heterocycles. The predicted octanol–water partition coefficient (Wildman–Crippen LogP) is 3.43. The summed E-state index contributed by atoms with van der Waals surface area (Å²) in [5, 5.41) is 4.61. The van der Waals surface area contributed by atoms with Gasteiger partial charge in [-0.2, -0.15) is 0 Å². The van der Waals surface area contributed by atoms with Crippen molar-refractivity contribution in [1.82, 2.24) is 10.2 Å². The van der Waals surface area contributed by atoms with Crippen molar-refractivity contribution in [3.05, 3.63) is 30.0 Å². The van der Waals surface area contributed by atoms with E-state index in [1.54, 1.807) is 7.11 Å². The zero-order valence-corrected chi connectivity index (χ0v) is 13.5. The number of nitrogens with zero attached hydrogens (tertiary/aromatic N) is 1. The molecule has 1 heterocycles. The first-order chi connectivity index (χ1) is 10.2. The second-order valence-electron chi connectivity index (χ2n) is 5.23. The van der Waals surface area contributed by atoms with Gasteiger partial charge in [-0.25, -0.2) is 0 Å². The number of likely N-dealkylation sites (N-methyl/N-ethyl adjacent to an activating group) is 1. The Kier molecular flexibility index (Phi) is 5.65. The van der Waals surface area contributed by atoms with Crippen LogP contribution in [0, 0.1) is 0 Å². The van der Waals surface area contributed by atoms with Crippen LogP contribution in [-0.2, 0) is 0 Å². The number of ether oxygens (including phenoxy) is 1. The fourth-order valence-corrected chi connectivity index (χ4v) is 2.51. The smallest absolute Gasteiger partial charge is 0.176 e. The van der Waals surface area contributed by atoms with Crippen molar-refractivity contribution < 1.29 is 9.15 Å². The van der Waals surface area contributed by atoms with Crippen LogP contribution in [-0.4, -0.2) is 38.2 Å². The van der Waals surface area contributed by atoms with Crippen molar-refractivity contribution in [3.63, 3.8) is 0 Å². The fraction of sp³-hybridized carbons (Fsp3) is 0.529. The van der Waals surface area contributed by atoms with Gasteiger partial charge >= 0.3 is 0 Å². The van der Waals surface area contributed by atoms with E-state index in [1.807, 2.05) is 18.2 Å². The van der Waals surface area contributed by atoms with E-state index in [9.17, 15) is 0 Å². The van der Waals surface area contributed by atoms with Crippen molar-refractivity contribution in [1.29, 1.82) is 0 Å². The van der Waals surface area contributed by atoms with Crippen LogP contribution in [0.15, 0.2) is 28.7 Å². The maximum Gasteiger partial charge on any atom is 0.176 e. The molecular weight excluding hydrogens is 264 g/mol. The number of hydrogen-bond donors (Lipinski definition) is 1. The molecule has 0 saturated heterocycles. The van der Waals surface area contributed by atoms with Gasteiger partial charge < -0.3 is 19.4 Å². The van der Waals surface area contributed by atoms with E-state index >= 15 is 0 Å². The first-order valence-electron chi connectivity index (χ1n) is 7.71. The van der Waals surface area contributed by atoms with Crippen molar-refractivity contribution >= 4 is 11.0 Å². The zero-order valence-electron chi connectivity index (χ0n) is 13.5. The highest BCUT2D eigenvalue weighted by atomic mass is 16.5. The summed E-state index contributed by atoms with van der Waals surface area (Å²) in [5.41, 5.74) is 0.826. The third-order valence-electron chi connectivity index (χ3n) is 3.95. The maximum atomic E-state index is 5.96. The molecule has 0 aliphatic rings. The minimum atomic E-state index is 0.192. The van der Waals surface area contributed by atoms with Gasteiger partial charge in [0.15, 0.2) is 11.3 Å². The van der Waals surface area contributed by atoms with Gasteiger partial charge in [0.1, 0.15) is 5.76 Å². The fourth-order valence-electron chi connectivity index (χ4n) is 2.51. The van der Waals surface area contributed by atoms with Crippen LogP contribution in [0.4, 0.5) is 0 Å². The van der Waals surface area contributed by atoms with E-state index in [0.29, 0.717) is 0 Å². The highest BCUT2D eigenvalue weighted by Crippen LogP contribution is 2.30. The largest absolute Gasteiger partial charge is 0.493 e. The van der Waals surface area contributed by atoms with Gasteiger partial charge in [-0.3, -0.25) is 0 Å². The number of benzene rings is 1. The summed E-state index contributed by atoms with van der Waals surface area (Å²) in [4.78, 5) is 2.40. The van der Waals surface area contributed by atoms with Crippen LogP contribution in [0.5, 0.6) is 5.75 Å². The van der Waals surface area contributed by atoms with Gasteiger partial charge in [-0.1, -0.05) is 26.0 Å². The lowest BCUT2D eigenvalue weighted by Gasteiger charge is -2.19. The van der Waals surface area contributed by atoms with Gasteiger partial charge in [0.05, 0.1) is 13.2 Å². The summed E-state index contributed by atoms with van der Waals surface area (Å²) in [6.45, 7) is 10.7. The number of nitrogens with one attached hydrogen (secondary N) is 1. The summed E-state index contributed by atoms with van der Waals surface area (Å²) < 4.78 is 11.3. The average molecular weight is 290 g/mol. The lowest BCUT2D eigenvalue weighted by atomic mass is 10.2. The SMILES string of the molecule is CCN(CC)CCNC(C)c1cc2cccc(OC)c2o1. The van der Waals surface area contributed by atoms with Crippen LogP contribution < -0.4 is 10.1 Å². The molecule has 4 heteroatoms. The molecule has 116 valence electrons. The average Bonchev–Trinajstić information content (AvgIpc) is 2.95. The summed E-state index contributed by atoms with van der Waals surface area (Å²) in [5.74, 6) is 1.74. The van der Waals surface area contributed by atoms with E-state index < -0.39 is 0 Å². The Hall–Kier alpha value is -1.52. The van der Waals surface area contributed by atoms with Crippen LogP contribution in [0.3, 0.4) is 0 Å². The van der Waals surface area contributed by atoms with Crippen LogP contribution in [0.2, 0.25) is 0 Å². The highest BCUT2D eigenvalue weighted by Gasteiger charge is 2.13. The molecule has 1 aromatic heterocycles. The molecule has 21 heavy (non-hydrogen) atoms. The molecule has 2 aromatic rings. The highest BCUT2D eigenvalue weighted by molar-refractivity contribution is 5.83. The number of fused-ring (bicyclic) bond motifs is 1. The Labute approximate surface area is 127 Å². The Bertz CT molecular complexity index is 561. The molecular formula is C17H26N2O2. The Morgan fingerprint density at radius 1 is 1.29 bits per heavy atom. The minimum absolute atomic E-state index is 0.192.